The molecule has 1 heterocycles. The summed E-state index contributed by atoms with van der Waals surface area (Å²) in [4.78, 5) is 35.9. The molecule has 18 heavy (non-hydrogen) atoms. The molecule has 0 radical (unpaired) electrons. The van der Waals surface area contributed by atoms with E-state index in [-0.39, 0.29) is 17.8 Å². The lowest BCUT2D eigenvalue weighted by Crippen LogP contribution is -2.34. The smallest absolute Gasteiger partial charge is 0.308 e. The molecular weight excluding hydrogens is 236 g/mol. The monoisotopic (exact) mass is 252 g/mol. The summed E-state index contributed by atoms with van der Waals surface area (Å²) in [5.41, 5.74) is -0.242. The molecular formula is C12H16N2O4. The zero-order chi connectivity index (χ0) is 13.5. The third kappa shape index (κ3) is 4.04. The third-order valence-corrected chi connectivity index (χ3v) is 2.51. The molecule has 6 nitrogen and oxygen atoms in total. The van der Waals surface area contributed by atoms with Crippen LogP contribution in [0.4, 0.5) is 0 Å². The van der Waals surface area contributed by atoms with Crippen LogP contribution in [0.1, 0.15) is 30.3 Å². The highest BCUT2D eigenvalue weighted by atomic mass is 16.4. The second-order valence-corrected chi connectivity index (χ2v) is 3.96. The number of aliphatic carboxylic acids is 1. The topological polar surface area (TPSA) is 99.3 Å². The van der Waals surface area contributed by atoms with Crippen molar-refractivity contribution in [2.24, 2.45) is 5.92 Å². The van der Waals surface area contributed by atoms with Crippen molar-refractivity contribution in [3.8, 4) is 0 Å². The van der Waals surface area contributed by atoms with E-state index < -0.39 is 17.8 Å². The molecule has 1 atom stereocenters. The van der Waals surface area contributed by atoms with Crippen LogP contribution in [-0.4, -0.2) is 28.5 Å². The van der Waals surface area contributed by atoms with Gasteiger partial charge in [0.05, 0.1) is 5.92 Å². The van der Waals surface area contributed by atoms with Crippen LogP contribution in [0.15, 0.2) is 23.0 Å². The van der Waals surface area contributed by atoms with Crippen LogP contribution in [0.2, 0.25) is 0 Å². The van der Waals surface area contributed by atoms with Gasteiger partial charge in [0, 0.05) is 12.6 Å². The summed E-state index contributed by atoms with van der Waals surface area (Å²) < 4.78 is 0. The number of H-pyrrole nitrogens is 1. The summed E-state index contributed by atoms with van der Waals surface area (Å²) >= 11 is 0. The molecule has 0 bridgehead atoms. The highest BCUT2D eigenvalue weighted by molar-refractivity contribution is 5.92. The Kier molecular flexibility index (Phi) is 5.10. The van der Waals surface area contributed by atoms with E-state index in [2.05, 4.69) is 10.3 Å². The van der Waals surface area contributed by atoms with E-state index in [4.69, 9.17) is 5.11 Å². The third-order valence-electron chi connectivity index (χ3n) is 2.51. The van der Waals surface area contributed by atoms with E-state index in [0.29, 0.717) is 6.42 Å². The van der Waals surface area contributed by atoms with Crippen LogP contribution < -0.4 is 10.9 Å². The van der Waals surface area contributed by atoms with Crippen LogP contribution in [0.25, 0.3) is 0 Å². The molecule has 0 aliphatic heterocycles. The number of hydrogen-bond donors (Lipinski definition) is 3. The zero-order valence-electron chi connectivity index (χ0n) is 10.1. The second kappa shape index (κ2) is 6.58. The Morgan fingerprint density at radius 1 is 1.44 bits per heavy atom. The van der Waals surface area contributed by atoms with Crippen molar-refractivity contribution in [3.63, 3.8) is 0 Å². The summed E-state index contributed by atoms with van der Waals surface area (Å²) in [5.74, 6) is -2.01. The minimum absolute atomic E-state index is 0.0545. The van der Waals surface area contributed by atoms with Crippen LogP contribution in [-0.2, 0) is 4.79 Å². The van der Waals surface area contributed by atoms with Gasteiger partial charge < -0.3 is 15.4 Å². The quantitative estimate of drug-likeness (QED) is 0.690. The van der Waals surface area contributed by atoms with E-state index in [9.17, 15) is 14.4 Å². The van der Waals surface area contributed by atoms with Crippen molar-refractivity contribution in [1.82, 2.24) is 10.3 Å². The summed E-state index contributed by atoms with van der Waals surface area (Å²) in [6, 6.07) is 4.23. The summed E-state index contributed by atoms with van der Waals surface area (Å²) in [6.45, 7) is 1.94. The average molecular weight is 252 g/mol. The molecule has 0 saturated carbocycles. The van der Waals surface area contributed by atoms with Crippen LogP contribution in [0, 0.1) is 5.92 Å². The fourth-order valence-electron chi connectivity index (χ4n) is 1.55. The lowest BCUT2D eigenvalue weighted by molar-refractivity contribution is -0.141. The van der Waals surface area contributed by atoms with Crippen LogP contribution in [0.3, 0.4) is 0 Å². The molecule has 1 unspecified atom stereocenters. The van der Waals surface area contributed by atoms with Gasteiger partial charge in [0.1, 0.15) is 5.69 Å². The Hall–Kier alpha value is -2.11. The fraction of sp³-hybridized carbons (Fsp3) is 0.417. The molecule has 98 valence electrons. The van der Waals surface area contributed by atoms with Crippen molar-refractivity contribution in [1.29, 1.82) is 0 Å². The second-order valence-electron chi connectivity index (χ2n) is 3.96. The normalized spacial score (nSPS) is 11.8. The number of carbonyl (C=O) groups excluding carboxylic acids is 1. The molecule has 0 aliphatic carbocycles. The van der Waals surface area contributed by atoms with Crippen molar-refractivity contribution in [2.45, 2.75) is 19.8 Å². The van der Waals surface area contributed by atoms with Gasteiger partial charge >= 0.3 is 5.97 Å². The molecule has 3 N–H and O–H groups in total. The first-order chi connectivity index (χ1) is 8.54. The standard InChI is InChI=1S/C12H16N2O4/c1-2-4-8(12(17)18)7-13-11(16)9-5-3-6-10(15)14-9/h3,5-6,8H,2,4,7H2,1H3,(H,13,16)(H,14,15)(H,17,18). The molecule has 0 spiro atoms. The van der Waals surface area contributed by atoms with Gasteiger partial charge in [-0.05, 0) is 12.5 Å². The first-order valence-electron chi connectivity index (χ1n) is 5.75. The molecule has 0 saturated heterocycles. The van der Waals surface area contributed by atoms with Gasteiger partial charge in [-0.25, -0.2) is 0 Å². The van der Waals surface area contributed by atoms with Gasteiger partial charge in [0.25, 0.3) is 5.91 Å². The SMILES string of the molecule is CCCC(CNC(=O)c1cccc(=O)[nH]1)C(=O)O. The molecule has 1 aromatic heterocycles. The van der Waals surface area contributed by atoms with Gasteiger partial charge in [0.15, 0.2) is 0 Å². The van der Waals surface area contributed by atoms with E-state index in [0.717, 1.165) is 6.42 Å². The lowest BCUT2D eigenvalue weighted by Gasteiger charge is -2.12. The van der Waals surface area contributed by atoms with E-state index in [1.165, 1.54) is 18.2 Å². The summed E-state index contributed by atoms with van der Waals surface area (Å²) in [7, 11) is 0. The molecule has 0 aromatic carbocycles. The van der Waals surface area contributed by atoms with Crippen molar-refractivity contribution >= 4 is 11.9 Å². The van der Waals surface area contributed by atoms with Crippen LogP contribution >= 0.6 is 0 Å². The first-order valence-corrected chi connectivity index (χ1v) is 5.75. The van der Waals surface area contributed by atoms with Gasteiger partial charge in [-0.15, -0.1) is 0 Å². The largest absolute Gasteiger partial charge is 0.481 e. The number of pyridine rings is 1. The Morgan fingerprint density at radius 3 is 2.72 bits per heavy atom. The molecule has 1 amide bonds. The van der Waals surface area contributed by atoms with Gasteiger partial charge in [-0.2, -0.15) is 0 Å². The van der Waals surface area contributed by atoms with E-state index in [1.54, 1.807) is 0 Å². The first kappa shape index (κ1) is 14.0. The van der Waals surface area contributed by atoms with Crippen LogP contribution in [0.5, 0.6) is 0 Å². The summed E-state index contributed by atoms with van der Waals surface area (Å²) in [6.07, 6.45) is 1.23. The minimum Gasteiger partial charge on any atom is -0.481 e. The molecule has 1 rings (SSSR count). The summed E-state index contributed by atoms with van der Waals surface area (Å²) in [5, 5.41) is 11.4. The zero-order valence-corrected chi connectivity index (χ0v) is 10.1. The highest BCUT2D eigenvalue weighted by Gasteiger charge is 2.17. The molecule has 1 aromatic rings. The highest BCUT2D eigenvalue weighted by Crippen LogP contribution is 2.05. The number of carboxylic acids is 1. The van der Waals surface area contributed by atoms with Gasteiger partial charge in [0.2, 0.25) is 5.56 Å². The molecule has 0 aliphatic rings. The fourth-order valence-corrected chi connectivity index (χ4v) is 1.55. The van der Waals surface area contributed by atoms with Crippen molar-refractivity contribution in [2.75, 3.05) is 6.54 Å². The number of rotatable bonds is 6. The molecule has 6 heteroatoms. The van der Waals surface area contributed by atoms with Gasteiger partial charge in [-0.1, -0.05) is 19.4 Å². The lowest BCUT2D eigenvalue weighted by atomic mass is 10.0. The number of aromatic amines is 1. The number of carbonyl (C=O) groups is 2. The maximum Gasteiger partial charge on any atom is 0.308 e. The van der Waals surface area contributed by atoms with Gasteiger partial charge in [-0.3, -0.25) is 14.4 Å². The van der Waals surface area contributed by atoms with Crippen molar-refractivity contribution in [3.05, 3.63) is 34.2 Å². The number of nitrogens with one attached hydrogen (secondary N) is 2. The number of carboxylic acid groups (broad SMARTS) is 1. The minimum atomic E-state index is -0.932. The van der Waals surface area contributed by atoms with Crippen molar-refractivity contribution < 1.29 is 14.7 Å². The maximum atomic E-state index is 11.7. The Balaban J connectivity index is 2.60. The number of amides is 1. The molecule has 0 fully saturated rings. The van der Waals surface area contributed by atoms with E-state index in [1.807, 2.05) is 6.92 Å². The Bertz CT molecular complexity index is 481. The predicted molar refractivity (Wildman–Crippen MR) is 65.4 cm³/mol. The predicted octanol–water partition coefficient (Wildman–Crippen LogP) is 0.606. The Labute approximate surface area is 104 Å². The van der Waals surface area contributed by atoms with E-state index >= 15 is 0 Å². The average Bonchev–Trinajstić information content (AvgIpc) is 2.33. The Morgan fingerprint density at radius 2 is 2.17 bits per heavy atom. The number of hydrogen-bond acceptors (Lipinski definition) is 3. The maximum absolute atomic E-state index is 11.7. The number of aromatic nitrogens is 1.